The molecule has 1 aromatic rings. The Morgan fingerprint density at radius 3 is 2.58 bits per heavy atom. The number of allylic oxidation sites excluding steroid dienone is 2. The fraction of sp³-hybridized carbons (Fsp3) is 0.536. The molecule has 1 aliphatic heterocycles. The van der Waals surface area contributed by atoms with Crippen LogP contribution in [0.4, 0.5) is 0 Å². The zero-order valence-corrected chi connectivity index (χ0v) is 19.8. The van der Waals surface area contributed by atoms with E-state index in [0.717, 1.165) is 18.4 Å². The van der Waals surface area contributed by atoms with Crippen LogP contribution in [0.25, 0.3) is 0 Å². The number of phenols is 1. The van der Waals surface area contributed by atoms with E-state index >= 15 is 0 Å². The molecule has 0 bridgehead atoms. The van der Waals surface area contributed by atoms with Gasteiger partial charge in [0.15, 0.2) is 0 Å². The van der Waals surface area contributed by atoms with Crippen molar-refractivity contribution in [2.45, 2.75) is 58.3 Å². The van der Waals surface area contributed by atoms with Crippen molar-refractivity contribution < 1.29 is 20.1 Å². The minimum absolute atomic E-state index is 0.191. The number of nitrogens with one attached hydrogen (secondary N) is 1. The first-order chi connectivity index (χ1) is 15.7. The lowest BCUT2D eigenvalue weighted by Crippen LogP contribution is -2.59. The summed E-state index contributed by atoms with van der Waals surface area (Å²) < 4.78 is 0. The SMILES string of the molecule is C=C1[C@@H](C)[C@H]2[C@H](Cc3ccccc3O)NC(=O)[C@]23[C@H](O)/C=C/[C@@H](C)C[C@@H](C)C/C=C/[C@H]3[C@@H]1O. The molecule has 3 aliphatic rings. The summed E-state index contributed by atoms with van der Waals surface area (Å²) in [5.74, 6) is -0.378. The van der Waals surface area contributed by atoms with Gasteiger partial charge < -0.3 is 20.6 Å². The van der Waals surface area contributed by atoms with E-state index < -0.39 is 23.5 Å². The number of hydrogen-bond donors (Lipinski definition) is 4. The summed E-state index contributed by atoms with van der Waals surface area (Å²) in [6.45, 7) is 10.5. The molecular formula is C28H37NO4. The van der Waals surface area contributed by atoms with Crippen LogP contribution in [0.2, 0.25) is 0 Å². The highest BCUT2D eigenvalue weighted by Crippen LogP contribution is 2.58. The largest absolute Gasteiger partial charge is 0.508 e. The van der Waals surface area contributed by atoms with Crippen molar-refractivity contribution in [3.63, 3.8) is 0 Å². The van der Waals surface area contributed by atoms with Crippen LogP contribution < -0.4 is 5.32 Å². The van der Waals surface area contributed by atoms with Gasteiger partial charge in [-0.2, -0.15) is 0 Å². The van der Waals surface area contributed by atoms with Gasteiger partial charge in [-0.3, -0.25) is 4.79 Å². The van der Waals surface area contributed by atoms with Crippen LogP contribution in [0, 0.1) is 35.0 Å². The monoisotopic (exact) mass is 451 g/mol. The summed E-state index contributed by atoms with van der Waals surface area (Å²) in [5.41, 5.74) is 0.228. The lowest BCUT2D eigenvalue weighted by molar-refractivity contribution is -0.147. The zero-order chi connectivity index (χ0) is 23.9. The molecule has 1 aromatic carbocycles. The molecule has 9 atom stereocenters. The molecule has 5 heteroatoms. The molecule has 178 valence electrons. The highest BCUT2D eigenvalue weighted by Gasteiger charge is 2.67. The second-order valence-electron chi connectivity index (χ2n) is 10.5. The highest BCUT2D eigenvalue weighted by atomic mass is 16.3. The zero-order valence-electron chi connectivity index (χ0n) is 19.8. The molecule has 2 fully saturated rings. The third-order valence-corrected chi connectivity index (χ3v) is 8.29. The molecule has 1 heterocycles. The molecule has 2 aliphatic carbocycles. The predicted octanol–water partition coefficient (Wildman–Crippen LogP) is 3.76. The Bertz CT molecular complexity index is 968. The Balaban J connectivity index is 1.84. The first kappa shape index (κ1) is 23.8. The normalized spacial score (nSPS) is 43.1. The van der Waals surface area contributed by atoms with E-state index in [4.69, 9.17) is 0 Å². The van der Waals surface area contributed by atoms with Gasteiger partial charge in [-0.1, -0.05) is 69.9 Å². The molecule has 0 radical (unpaired) electrons. The maximum atomic E-state index is 13.8. The summed E-state index contributed by atoms with van der Waals surface area (Å²) in [6, 6.07) is 6.85. The number of aliphatic hydroxyl groups is 2. The summed E-state index contributed by atoms with van der Waals surface area (Å²) in [4.78, 5) is 13.8. The molecule has 1 saturated carbocycles. The number of hydrogen-bond acceptors (Lipinski definition) is 4. The van der Waals surface area contributed by atoms with Crippen molar-refractivity contribution >= 4 is 5.91 Å². The van der Waals surface area contributed by atoms with Crippen molar-refractivity contribution in [1.82, 2.24) is 5.32 Å². The first-order valence-corrected chi connectivity index (χ1v) is 12.2. The van der Waals surface area contributed by atoms with E-state index in [0.29, 0.717) is 17.9 Å². The predicted molar refractivity (Wildman–Crippen MR) is 129 cm³/mol. The van der Waals surface area contributed by atoms with Crippen molar-refractivity contribution in [3.05, 3.63) is 66.3 Å². The maximum Gasteiger partial charge on any atom is 0.230 e. The molecule has 1 spiro atoms. The Morgan fingerprint density at radius 2 is 1.85 bits per heavy atom. The quantitative estimate of drug-likeness (QED) is 0.516. The van der Waals surface area contributed by atoms with Crippen LogP contribution in [0.1, 0.15) is 39.2 Å². The van der Waals surface area contributed by atoms with Crippen LogP contribution in [0.15, 0.2) is 60.7 Å². The fourth-order valence-electron chi connectivity index (χ4n) is 6.61. The van der Waals surface area contributed by atoms with Crippen LogP contribution in [0.3, 0.4) is 0 Å². The van der Waals surface area contributed by atoms with E-state index in [1.54, 1.807) is 18.2 Å². The lowest BCUT2D eigenvalue weighted by atomic mass is 9.51. The number of carbonyl (C=O) groups is 1. The first-order valence-electron chi connectivity index (χ1n) is 12.2. The number of amides is 1. The molecule has 0 unspecified atom stereocenters. The lowest BCUT2D eigenvalue weighted by Gasteiger charge is -2.51. The smallest absolute Gasteiger partial charge is 0.230 e. The van der Waals surface area contributed by atoms with Gasteiger partial charge in [-0.15, -0.1) is 0 Å². The molecule has 33 heavy (non-hydrogen) atoms. The molecule has 0 aromatic heterocycles. The van der Waals surface area contributed by atoms with Gasteiger partial charge in [0, 0.05) is 17.9 Å². The van der Waals surface area contributed by atoms with E-state index in [9.17, 15) is 20.1 Å². The van der Waals surface area contributed by atoms with E-state index in [2.05, 4.69) is 31.8 Å². The van der Waals surface area contributed by atoms with Crippen molar-refractivity contribution in [2.75, 3.05) is 0 Å². The van der Waals surface area contributed by atoms with Crippen LogP contribution >= 0.6 is 0 Å². The third kappa shape index (κ3) is 3.95. The van der Waals surface area contributed by atoms with E-state index in [1.165, 1.54) is 0 Å². The number of phenolic OH excluding ortho intramolecular Hbond substituents is 1. The molecule has 4 rings (SSSR count). The summed E-state index contributed by atoms with van der Waals surface area (Å²) in [6.07, 6.45) is 8.11. The van der Waals surface area contributed by atoms with Crippen LogP contribution in [-0.4, -0.2) is 39.5 Å². The molecule has 5 nitrogen and oxygen atoms in total. The maximum absolute atomic E-state index is 13.8. The van der Waals surface area contributed by atoms with Crippen LogP contribution in [-0.2, 0) is 11.2 Å². The van der Waals surface area contributed by atoms with Crippen LogP contribution in [0.5, 0.6) is 5.75 Å². The minimum atomic E-state index is -1.21. The number of aromatic hydroxyl groups is 1. The standard InChI is InChI=1S/C28H37NO4/c1-16-8-7-10-21-26(32)19(4)18(3)25-22(15-20-9-5-6-11-23(20)30)29-27(33)28(21,25)24(31)13-12-17(2)14-16/h5-7,9-13,16-18,21-22,24-26,30-32H,4,8,14-15H2,1-3H3,(H,29,33)/b10-7+,13-12+/t16-,17+,18+,21-,22-,24+,25-,26+,28+/m0/s1. The van der Waals surface area contributed by atoms with Gasteiger partial charge in [0.1, 0.15) is 5.75 Å². The minimum Gasteiger partial charge on any atom is -0.508 e. The molecule has 1 saturated heterocycles. The number of rotatable bonds is 2. The van der Waals surface area contributed by atoms with E-state index in [-0.39, 0.29) is 35.5 Å². The molecule has 1 amide bonds. The second kappa shape index (κ2) is 9.11. The van der Waals surface area contributed by atoms with Crippen molar-refractivity contribution in [1.29, 1.82) is 0 Å². The van der Waals surface area contributed by atoms with Gasteiger partial charge in [-0.05, 0) is 54.2 Å². The van der Waals surface area contributed by atoms with Crippen molar-refractivity contribution in [2.24, 2.45) is 35.0 Å². The summed E-state index contributed by atoms with van der Waals surface area (Å²) >= 11 is 0. The Hall–Kier alpha value is -2.37. The fourth-order valence-corrected chi connectivity index (χ4v) is 6.61. The third-order valence-electron chi connectivity index (χ3n) is 8.29. The topological polar surface area (TPSA) is 89.8 Å². The number of aliphatic hydroxyl groups excluding tert-OH is 2. The van der Waals surface area contributed by atoms with Gasteiger partial charge in [0.2, 0.25) is 5.91 Å². The van der Waals surface area contributed by atoms with Gasteiger partial charge in [-0.25, -0.2) is 0 Å². The number of para-hydroxylation sites is 1. The van der Waals surface area contributed by atoms with Gasteiger partial charge >= 0.3 is 0 Å². The Morgan fingerprint density at radius 1 is 1.12 bits per heavy atom. The molecule has 4 N–H and O–H groups in total. The second-order valence-corrected chi connectivity index (χ2v) is 10.5. The summed E-state index contributed by atoms with van der Waals surface area (Å²) in [7, 11) is 0. The highest BCUT2D eigenvalue weighted by molar-refractivity contribution is 5.88. The van der Waals surface area contributed by atoms with Crippen molar-refractivity contribution in [3.8, 4) is 5.75 Å². The molecular weight excluding hydrogens is 414 g/mol. The number of carbonyl (C=O) groups excluding carboxylic acids is 1. The van der Waals surface area contributed by atoms with Gasteiger partial charge in [0.05, 0.1) is 17.6 Å². The average Bonchev–Trinajstić information content (AvgIpc) is 3.05. The van der Waals surface area contributed by atoms with Gasteiger partial charge in [0.25, 0.3) is 0 Å². The Kier molecular flexibility index (Phi) is 6.56. The average molecular weight is 452 g/mol. The number of benzene rings is 1. The Labute approximate surface area is 196 Å². The summed E-state index contributed by atoms with van der Waals surface area (Å²) in [5, 5.41) is 36.4. The van der Waals surface area contributed by atoms with E-state index in [1.807, 2.05) is 31.2 Å².